The summed E-state index contributed by atoms with van der Waals surface area (Å²) >= 11 is 0. The molecule has 0 aromatic heterocycles. The molecule has 1 unspecified atom stereocenters. The molecule has 0 aliphatic rings. The quantitative estimate of drug-likeness (QED) is 0.321. The third-order valence-corrected chi connectivity index (χ3v) is 4.13. The van der Waals surface area contributed by atoms with E-state index in [9.17, 15) is 9.90 Å². The maximum atomic E-state index is 10.4. The van der Waals surface area contributed by atoms with Gasteiger partial charge in [0.2, 0.25) is 0 Å². The fraction of sp³-hybridized carbons (Fsp3) is 0.857. The predicted octanol–water partition coefficient (Wildman–Crippen LogP) is 5.96. The largest absolute Gasteiger partial charge is 0.481 e. The van der Waals surface area contributed by atoms with Gasteiger partial charge in [-0.05, 0) is 49.4 Å². The van der Waals surface area contributed by atoms with Gasteiger partial charge in [0.15, 0.2) is 0 Å². The summed E-state index contributed by atoms with van der Waals surface area (Å²) in [6, 6.07) is 0. The van der Waals surface area contributed by atoms with Gasteiger partial charge < -0.3 is 10.2 Å². The van der Waals surface area contributed by atoms with Crippen LogP contribution < -0.4 is 0 Å². The molecule has 0 aliphatic heterocycles. The smallest absolute Gasteiger partial charge is 0.303 e. The highest BCUT2D eigenvalue weighted by atomic mass is 16.4. The van der Waals surface area contributed by atoms with E-state index in [0.717, 1.165) is 57.8 Å². The van der Waals surface area contributed by atoms with Crippen molar-refractivity contribution in [3.05, 3.63) is 12.2 Å². The first-order valence-electron chi connectivity index (χ1n) is 9.57. The molecule has 1 atom stereocenters. The fourth-order valence-corrected chi connectivity index (χ4v) is 3.67. The zero-order valence-corrected chi connectivity index (χ0v) is 16.6. The molecule has 0 heterocycles. The van der Waals surface area contributed by atoms with E-state index >= 15 is 0 Å². The lowest BCUT2D eigenvalue weighted by atomic mass is 9.73. The van der Waals surface area contributed by atoms with Crippen molar-refractivity contribution in [2.24, 2.45) is 10.8 Å². The van der Waals surface area contributed by atoms with E-state index in [1.807, 2.05) is 0 Å². The monoisotopic (exact) mass is 340 g/mol. The van der Waals surface area contributed by atoms with Crippen LogP contribution in [0.2, 0.25) is 0 Å². The molecule has 0 saturated carbocycles. The van der Waals surface area contributed by atoms with Crippen LogP contribution in [0.15, 0.2) is 12.2 Å². The summed E-state index contributed by atoms with van der Waals surface area (Å²) in [5.74, 6) is -0.692. The van der Waals surface area contributed by atoms with Crippen molar-refractivity contribution in [2.75, 3.05) is 0 Å². The van der Waals surface area contributed by atoms with Crippen LogP contribution in [0, 0.1) is 10.8 Å². The summed E-state index contributed by atoms with van der Waals surface area (Å²) in [5.41, 5.74) is 0.463. The summed E-state index contributed by atoms with van der Waals surface area (Å²) in [6.45, 7) is 11.2. The van der Waals surface area contributed by atoms with Crippen molar-refractivity contribution in [1.82, 2.24) is 0 Å². The zero-order valence-electron chi connectivity index (χ0n) is 16.6. The molecule has 0 radical (unpaired) electrons. The number of carboxylic acid groups (broad SMARTS) is 1. The zero-order chi connectivity index (χ0) is 18.6. The van der Waals surface area contributed by atoms with E-state index in [0.29, 0.717) is 11.8 Å². The molecule has 0 aliphatic carbocycles. The van der Waals surface area contributed by atoms with E-state index < -0.39 is 5.97 Å². The molecule has 0 amide bonds. The van der Waals surface area contributed by atoms with Crippen LogP contribution in [-0.4, -0.2) is 22.3 Å². The maximum Gasteiger partial charge on any atom is 0.303 e. The number of aliphatic hydroxyl groups is 1. The molecule has 0 aromatic rings. The minimum Gasteiger partial charge on any atom is -0.481 e. The Labute approximate surface area is 149 Å². The molecule has 0 fully saturated rings. The lowest BCUT2D eigenvalue weighted by Gasteiger charge is -2.33. The Hall–Kier alpha value is -0.830. The number of hydrogen-bond acceptors (Lipinski definition) is 2. The van der Waals surface area contributed by atoms with Crippen molar-refractivity contribution in [1.29, 1.82) is 0 Å². The van der Waals surface area contributed by atoms with Crippen LogP contribution in [0.4, 0.5) is 0 Å². The Bertz CT molecular complexity index is 364. The molecule has 3 heteroatoms. The van der Waals surface area contributed by atoms with Crippen molar-refractivity contribution in [3.63, 3.8) is 0 Å². The summed E-state index contributed by atoms with van der Waals surface area (Å²) < 4.78 is 0. The highest BCUT2D eigenvalue weighted by molar-refractivity contribution is 5.66. The van der Waals surface area contributed by atoms with Gasteiger partial charge in [0.25, 0.3) is 0 Å². The molecular weight excluding hydrogens is 300 g/mol. The summed E-state index contributed by atoms with van der Waals surface area (Å²) in [4.78, 5) is 10.4. The van der Waals surface area contributed by atoms with Crippen LogP contribution >= 0.6 is 0 Å². The minimum atomic E-state index is -0.692. The lowest BCUT2D eigenvalue weighted by molar-refractivity contribution is -0.137. The van der Waals surface area contributed by atoms with Gasteiger partial charge in [-0.3, -0.25) is 4.79 Å². The second-order valence-electron chi connectivity index (χ2n) is 9.17. The van der Waals surface area contributed by atoms with E-state index in [-0.39, 0.29) is 11.5 Å². The van der Waals surface area contributed by atoms with Gasteiger partial charge in [0.1, 0.15) is 0 Å². The molecule has 0 saturated heterocycles. The Morgan fingerprint density at radius 1 is 0.958 bits per heavy atom. The molecule has 24 heavy (non-hydrogen) atoms. The fourth-order valence-electron chi connectivity index (χ4n) is 3.67. The summed E-state index contributed by atoms with van der Waals surface area (Å²) in [5, 5.41) is 18.8. The van der Waals surface area contributed by atoms with E-state index in [4.69, 9.17) is 5.11 Å². The third-order valence-electron chi connectivity index (χ3n) is 4.13. The van der Waals surface area contributed by atoms with Gasteiger partial charge in [-0.25, -0.2) is 0 Å². The van der Waals surface area contributed by atoms with E-state index in [1.54, 1.807) is 0 Å². The number of allylic oxidation sites excluding steroid dienone is 1. The molecule has 2 N–H and O–H groups in total. The number of rotatable bonds is 13. The SMILES string of the molecule is CC(C)(C)CC(C)(C)CC(O)CC=CCCCCCCCC(=O)O. The molecule has 142 valence electrons. The second-order valence-corrected chi connectivity index (χ2v) is 9.17. The standard InChI is InChI=1S/C21H40O3/c1-20(2,3)17-21(4,5)16-18(22)14-12-10-8-6-7-9-11-13-15-19(23)24/h10,12,18,22H,6-9,11,13-17H2,1-5H3,(H,23,24). The first kappa shape index (κ1) is 23.2. The van der Waals surface area contributed by atoms with Crippen LogP contribution in [0.3, 0.4) is 0 Å². The summed E-state index contributed by atoms with van der Waals surface area (Å²) in [6.07, 6.45) is 13.3. The minimum absolute atomic E-state index is 0.168. The van der Waals surface area contributed by atoms with Crippen molar-refractivity contribution in [2.45, 2.75) is 105 Å². The van der Waals surface area contributed by atoms with E-state index in [2.05, 4.69) is 46.8 Å². The van der Waals surface area contributed by atoms with Crippen molar-refractivity contribution < 1.29 is 15.0 Å². The maximum absolute atomic E-state index is 10.4. The average molecular weight is 341 g/mol. The molecular formula is C21H40O3. The average Bonchev–Trinajstić information content (AvgIpc) is 2.36. The van der Waals surface area contributed by atoms with Gasteiger partial charge in [-0.15, -0.1) is 0 Å². The van der Waals surface area contributed by atoms with Crippen molar-refractivity contribution in [3.8, 4) is 0 Å². The Morgan fingerprint density at radius 3 is 2.12 bits per heavy atom. The Morgan fingerprint density at radius 2 is 1.54 bits per heavy atom. The Kier molecular flexibility index (Phi) is 11.3. The number of carboxylic acids is 1. The first-order valence-corrected chi connectivity index (χ1v) is 9.57. The number of aliphatic carboxylic acids is 1. The summed E-state index contributed by atoms with van der Waals surface area (Å²) in [7, 11) is 0. The molecule has 0 spiro atoms. The topological polar surface area (TPSA) is 57.5 Å². The Balaban J connectivity index is 3.71. The number of aliphatic hydroxyl groups excluding tert-OH is 1. The number of unbranched alkanes of at least 4 members (excludes halogenated alkanes) is 5. The third kappa shape index (κ3) is 16.0. The predicted molar refractivity (Wildman–Crippen MR) is 102 cm³/mol. The molecule has 0 bridgehead atoms. The van der Waals surface area contributed by atoms with Crippen LogP contribution in [0.5, 0.6) is 0 Å². The van der Waals surface area contributed by atoms with Gasteiger partial charge in [0.05, 0.1) is 6.10 Å². The van der Waals surface area contributed by atoms with Gasteiger partial charge in [-0.1, -0.05) is 66.0 Å². The molecule has 0 aromatic carbocycles. The normalized spacial score (nSPS) is 14.2. The lowest BCUT2D eigenvalue weighted by Crippen LogP contribution is -2.25. The van der Waals surface area contributed by atoms with Crippen LogP contribution in [-0.2, 0) is 4.79 Å². The van der Waals surface area contributed by atoms with Crippen LogP contribution in [0.25, 0.3) is 0 Å². The molecule has 3 nitrogen and oxygen atoms in total. The van der Waals surface area contributed by atoms with Gasteiger partial charge in [-0.2, -0.15) is 0 Å². The number of hydrogen-bond donors (Lipinski definition) is 2. The highest BCUT2D eigenvalue weighted by Crippen LogP contribution is 2.37. The molecule has 0 rings (SSSR count). The van der Waals surface area contributed by atoms with Crippen LogP contribution in [0.1, 0.15) is 98.8 Å². The second kappa shape index (κ2) is 11.7. The highest BCUT2D eigenvalue weighted by Gasteiger charge is 2.27. The van der Waals surface area contributed by atoms with Gasteiger partial charge in [0, 0.05) is 6.42 Å². The van der Waals surface area contributed by atoms with E-state index in [1.165, 1.54) is 0 Å². The van der Waals surface area contributed by atoms with Crippen molar-refractivity contribution >= 4 is 5.97 Å². The first-order chi connectivity index (χ1) is 11.0. The van der Waals surface area contributed by atoms with Gasteiger partial charge >= 0.3 is 5.97 Å². The number of carbonyl (C=O) groups is 1.